The van der Waals surface area contributed by atoms with E-state index in [1.54, 1.807) is 32.0 Å². The average Bonchev–Trinajstić information content (AvgIpc) is 2.45. The summed E-state index contributed by atoms with van der Waals surface area (Å²) in [7, 11) is -3.48. The molecule has 0 fully saturated rings. The lowest BCUT2D eigenvalue weighted by molar-refractivity contribution is -0.125. The minimum absolute atomic E-state index is 0.0459. The van der Waals surface area contributed by atoms with Gasteiger partial charge in [0.25, 0.3) is 0 Å². The second-order valence-corrected chi connectivity index (χ2v) is 7.71. The molecule has 1 rings (SSSR count). The largest absolute Gasteiger partial charge is 0.346 e. The number of anilines is 2. The molecule has 1 aromatic carbocycles. The predicted molar refractivity (Wildman–Crippen MR) is 94.1 cm³/mol. The highest BCUT2D eigenvalue weighted by Gasteiger charge is 2.18. The fraction of sp³-hybridized carbons (Fsp3) is 0.467. The summed E-state index contributed by atoms with van der Waals surface area (Å²) in [5, 5.41) is 5.03. The molecule has 1 aromatic rings. The lowest BCUT2D eigenvalue weighted by atomic mass is 10.1. The van der Waals surface area contributed by atoms with Gasteiger partial charge in [0.1, 0.15) is 0 Å². The molecule has 24 heavy (non-hydrogen) atoms. The zero-order valence-corrected chi connectivity index (χ0v) is 15.0. The van der Waals surface area contributed by atoms with Crippen LogP contribution in [0.5, 0.6) is 0 Å². The first-order chi connectivity index (χ1) is 11.0. The summed E-state index contributed by atoms with van der Waals surface area (Å²) in [5.74, 6) is -0.948. The van der Waals surface area contributed by atoms with Gasteiger partial charge in [0.05, 0.1) is 30.2 Å². The van der Waals surface area contributed by atoms with Gasteiger partial charge >= 0.3 is 0 Å². The van der Waals surface area contributed by atoms with E-state index in [9.17, 15) is 18.0 Å². The van der Waals surface area contributed by atoms with Crippen molar-refractivity contribution in [2.24, 2.45) is 11.7 Å². The third kappa shape index (κ3) is 6.55. The van der Waals surface area contributed by atoms with Crippen molar-refractivity contribution in [3.05, 3.63) is 23.8 Å². The number of aryl methyl sites for hydroxylation is 1. The normalized spacial score (nSPS) is 12.6. The summed E-state index contributed by atoms with van der Waals surface area (Å²) in [4.78, 5) is 23.7. The Labute approximate surface area is 142 Å². The maximum atomic E-state index is 12.0. The molecule has 0 unspecified atom stereocenters. The molecule has 0 heterocycles. The number of hydrogen-bond donors (Lipinski definition) is 4. The van der Waals surface area contributed by atoms with Crippen molar-refractivity contribution in [2.45, 2.75) is 26.8 Å². The van der Waals surface area contributed by atoms with Crippen molar-refractivity contribution in [2.75, 3.05) is 22.8 Å². The molecule has 0 aliphatic carbocycles. The van der Waals surface area contributed by atoms with Gasteiger partial charge in [-0.1, -0.05) is 19.9 Å². The van der Waals surface area contributed by atoms with Crippen molar-refractivity contribution >= 4 is 33.2 Å². The highest BCUT2D eigenvalue weighted by Crippen LogP contribution is 2.23. The standard InChI is InChI=1S/C15H24N4O4S/c1-9(2)14(16)15(21)17-8-13(20)18-12-7-10(3)5-6-11(12)19-24(4,22)23/h5-7,9,14,19H,8,16H2,1-4H3,(H,17,21)(H,18,20)/t14-/m0/s1. The molecule has 5 N–H and O–H groups in total. The number of hydrogen-bond acceptors (Lipinski definition) is 5. The molecule has 1 atom stereocenters. The van der Waals surface area contributed by atoms with Gasteiger partial charge in [-0.05, 0) is 30.5 Å². The second kappa shape index (κ2) is 8.11. The molecule has 0 aliphatic heterocycles. The minimum Gasteiger partial charge on any atom is -0.346 e. The number of rotatable bonds is 7. The van der Waals surface area contributed by atoms with Crippen LogP contribution in [-0.2, 0) is 19.6 Å². The Bertz CT molecular complexity index is 716. The van der Waals surface area contributed by atoms with Gasteiger partial charge in [0.15, 0.2) is 0 Å². The smallest absolute Gasteiger partial charge is 0.243 e. The summed E-state index contributed by atoms with van der Waals surface area (Å²) in [6.07, 6.45) is 1.02. The lowest BCUT2D eigenvalue weighted by Gasteiger charge is -2.16. The Kier molecular flexibility index (Phi) is 6.73. The summed E-state index contributed by atoms with van der Waals surface area (Å²) in [5.41, 5.74) is 7.10. The van der Waals surface area contributed by atoms with E-state index >= 15 is 0 Å². The Morgan fingerprint density at radius 2 is 1.83 bits per heavy atom. The van der Waals surface area contributed by atoms with Crippen LogP contribution in [0.1, 0.15) is 19.4 Å². The summed E-state index contributed by atoms with van der Waals surface area (Å²) in [6, 6.07) is 4.21. The molecule has 0 aromatic heterocycles. The molecule has 8 nitrogen and oxygen atoms in total. The quantitative estimate of drug-likeness (QED) is 0.562. The van der Waals surface area contributed by atoms with Gasteiger partial charge in [-0.25, -0.2) is 8.42 Å². The monoisotopic (exact) mass is 356 g/mol. The van der Waals surface area contributed by atoms with Crippen LogP contribution in [0.15, 0.2) is 18.2 Å². The van der Waals surface area contributed by atoms with Crippen LogP contribution in [0.25, 0.3) is 0 Å². The van der Waals surface area contributed by atoms with Crippen molar-refractivity contribution in [1.82, 2.24) is 5.32 Å². The Morgan fingerprint density at radius 3 is 2.38 bits per heavy atom. The first-order valence-electron chi connectivity index (χ1n) is 7.41. The highest BCUT2D eigenvalue weighted by molar-refractivity contribution is 7.92. The number of nitrogens with two attached hydrogens (primary N) is 1. The van der Waals surface area contributed by atoms with Crippen LogP contribution in [0.3, 0.4) is 0 Å². The predicted octanol–water partition coefficient (Wildman–Crippen LogP) is 0.405. The maximum absolute atomic E-state index is 12.0. The van der Waals surface area contributed by atoms with Gasteiger partial charge in [-0.2, -0.15) is 0 Å². The minimum atomic E-state index is -3.48. The van der Waals surface area contributed by atoms with Gasteiger partial charge in [-0.15, -0.1) is 0 Å². The zero-order chi connectivity index (χ0) is 18.5. The topological polar surface area (TPSA) is 130 Å². The van der Waals surface area contributed by atoms with E-state index in [-0.39, 0.29) is 18.2 Å². The Morgan fingerprint density at radius 1 is 1.21 bits per heavy atom. The van der Waals surface area contributed by atoms with Crippen molar-refractivity contribution in [1.29, 1.82) is 0 Å². The number of carbonyl (C=O) groups is 2. The number of carbonyl (C=O) groups excluding carboxylic acids is 2. The van der Waals surface area contributed by atoms with E-state index in [0.717, 1.165) is 11.8 Å². The van der Waals surface area contributed by atoms with Crippen LogP contribution >= 0.6 is 0 Å². The molecule has 134 valence electrons. The average molecular weight is 356 g/mol. The molecule has 2 amide bonds. The van der Waals surface area contributed by atoms with Crippen molar-refractivity contribution in [3.63, 3.8) is 0 Å². The van der Waals surface area contributed by atoms with Gasteiger partial charge in [0, 0.05) is 0 Å². The lowest BCUT2D eigenvalue weighted by Crippen LogP contribution is -2.46. The van der Waals surface area contributed by atoms with Crippen LogP contribution in [0.2, 0.25) is 0 Å². The molecule has 9 heteroatoms. The van der Waals surface area contributed by atoms with Crippen LogP contribution in [-0.4, -0.2) is 39.1 Å². The first-order valence-corrected chi connectivity index (χ1v) is 9.30. The van der Waals surface area contributed by atoms with E-state index in [1.807, 2.05) is 6.92 Å². The van der Waals surface area contributed by atoms with E-state index < -0.39 is 27.9 Å². The van der Waals surface area contributed by atoms with Crippen LogP contribution < -0.4 is 21.1 Å². The maximum Gasteiger partial charge on any atom is 0.243 e. The van der Waals surface area contributed by atoms with Crippen molar-refractivity contribution < 1.29 is 18.0 Å². The summed E-state index contributed by atoms with van der Waals surface area (Å²) < 4.78 is 25.1. The van der Waals surface area contributed by atoms with Gasteiger partial charge in [-0.3, -0.25) is 14.3 Å². The number of amides is 2. The highest BCUT2D eigenvalue weighted by atomic mass is 32.2. The molecule has 0 saturated heterocycles. The van der Waals surface area contributed by atoms with E-state index in [4.69, 9.17) is 5.73 Å². The van der Waals surface area contributed by atoms with Crippen LogP contribution in [0, 0.1) is 12.8 Å². The molecule has 0 aliphatic rings. The molecule has 0 saturated carbocycles. The first kappa shape index (κ1) is 19.9. The van der Waals surface area contributed by atoms with E-state index in [1.165, 1.54) is 0 Å². The van der Waals surface area contributed by atoms with Crippen molar-refractivity contribution in [3.8, 4) is 0 Å². The molecular weight excluding hydrogens is 332 g/mol. The summed E-state index contributed by atoms with van der Waals surface area (Å²) >= 11 is 0. The SMILES string of the molecule is Cc1ccc(NS(C)(=O)=O)c(NC(=O)CNC(=O)[C@@H](N)C(C)C)c1. The molecule has 0 bridgehead atoms. The Balaban J connectivity index is 2.76. The van der Waals surface area contributed by atoms with Crippen LogP contribution in [0.4, 0.5) is 11.4 Å². The van der Waals surface area contributed by atoms with E-state index in [0.29, 0.717) is 5.69 Å². The fourth-order valence-electron chi connectivity index (χ4n) is 1.83. The third-order valence-electron chi connectivity index (χ3n) is 3.19. The number of benzene rings is 1. The molecule has 0 spiro atoms. The van der Waals surface area contributed by atoms with Gasteiger partial charge in [0.2, 0.25) is 21.8 Å². The summed E-state index contributed by atoms with van der Waals surface area (Å²) in [6.45, 7) is 5.16. The molecular formula is C15H24N4O4S. The van der Waals surface area contributed by atoms with E-state index in [2.05, 4.69) is 15.4 Å². The van der Waals surface area contributed by atoms with Gasteiger partial charge < -0.3 is 16.4 Å². The fourth-order valence-corrected chi connectivity index (χ4v) is 2.41. The number of sulfonamides is 1. The third-order valence-corrected chi connectivity index (χ3v) is 3.78. The molecule has 0 radical (unpaired) electrons. The Hall–Kier alpha value is -2.13. The zero-order valence-electron chi connectivity index (χ0n) is 14.2. The second-order valence-electron chi connectivity index (χ2n) is 5.96. The number of nitrogens with one attached hydrogen (secondary N) is 3.